The number of Topliss-reactive ketones (excluding diaryl/α,β-unsaturated/α-hetero) is 1. The first-order valence-corrected chi connectivity index (χ1v) is 10.2. The second-order valence-corrected chi connectivity index (χ2v) is 7.76. The summed E-state index contributed by atoms with van der Waals surface area (Å²) in [4.78, 5) is 29.2. The number of rotatable bonds is 7. The summed E-state index contributed by atoms with van der Waals surface area (Å²) < 4.78 is 19.0. The average molecular weight is 426 g/mol. The molecule has 1 unspecified atom stereocenters. The number of nitrogens with zero attached hydrogens (tertiary/aromatic N) is 2. The molecule has 1 heterocycles. The lowest BCUT2D eigenvalue weighted by atomic mass is 9.94. The minimum absolute atomic E-state index is 0.00243. The third-order valence-corrected chi connectivity index (χ3v) is 5.28. The van der Waals surface area contributed by atoms with E-state index in [1.165, 1.54) is 29.2 Å². The molecule has 1 aliphatic rings. The molecule has 1 saturated heterocycles. The van der Waals surface area contributed by atoms with Crippen LogP contribution in [0.2, 0.25) is 0 Å². The highest BCUT2D eigenvalue weighted by molar-refractivity contribution is 6.46. The van der Waals surface area contributed by atoms with Crippen molar-refractivity contribution in [1.29, 1.82) is 0 Å². The Morgan fingerprint density at radius 1 is 1.16 bits per heavy atom. The van der Waals surface area contributed by atoms with Gasteiger partial charge in [-0.1, -0.05) is 12.1 Å². The van der Waals surface area contributed by atoms with E-state index in [4.69, 9.17) is 4.74 Å². The molecular weight excluding hydrogens is 399 g/mol. The van der Waals surface area contributed by atoms with E-state index < -0.39 is 23.5 Å². The van der Waals surface area contributed by atoms with Gasteiger partial charge in [0.05, 0.1) is 18.2 Å². The maximum Gasteiger partial charge on any atom is 0.295 e. The summed E-state index contributed by atoms with van der Waals surface area (Å²) in [6.07, 6.45) is 0. The number of aliphatic hydroxyl groups is 1. The second kappa shape index (κ2) is 9.31. The summed E-state index contributed by atoms with van der Waals surface area (Å²) in [5.74, 6) is -1.45. The van der Waals surface area contributed by atoms with Crippen LogP contribution in [0.3, 0.4) is 0 Å². The minimum Gasteiger partial charge on any atom is -0.507 e. The van der Waals surface area contributed by atoms with Crippen molar-refractivity contribution in [2.75, 3.05) is 33.8 Å². The Labute approximate surface area is 181 Å². The predicted molar refractivity (Wildman–Crippen MR) is 116 cm³/mol. The molecule has 164 valence electrons. The normalized spacial score (nSPS) is 18.1. The van der Waals surface area contributed by atoms with Gasteiger partial charge in [0.2, 0.25) is 0 Å². The molecule has 2 aromatic carbocycles. The van der Waals surface area contributed by atoms with E-state index in [0.29, 0.717) is 42.1 Å². The molecular formula is C24H27FN2O4. The number of carbonyl (C=O) groups excluding carboxylic acids is 2. The zero-order valence-corrected chi connectivity index (χ0v) is 18.2. The predicted octanol–water partition coefficient (Wildman–Crippen LogP) is 3.52. The van der Waals surface area contributed by atoms with Gasteiger partial charge in [-0.05, 0) is 69.4 Å². The molecule has 0 aromatic heterocycles. The number of ether oxygens (including phenoxy) is 1. The van der Waals surface area contributed by atoms with Crippen molar-refractivity contribution >= 4 is 17.4 Å². The van der Waals surface area contributed by atoms with Gasteiger partial charge in [-0.25, -0.2) is 4.39 Å². The number of hydrogen-bond donors (Lipinski definition) is 1. The van der Waals surface area contributed by atoms with Crippen LogP contribution in [0.15, 0.2) is 48.0 Å². The highest BCUT2D eigenvalue weighted by Crippen LogP contribution is 2.40. The van der Waals surface area contributed by atoms with Gasteiger partial charge in [-0.3, -0.25) is 9.59 Å². The molecule has 1 atom stereocenters. The van der Waals surface area contributed by atoms with E-state index in [1.54, 1.807) is 25.1 Å². The highest BCUT2D eigenvalue weighted by atomic mass is 19.1. The summed E-state index contributed by atoms with van der Waals surface area (Å²) >= 11 is 0. The number of likely N-dealkylation sites (tertiary alicyclic amines) is 1. The van der Waals surface area contributed by atoms with Crippen LogP contribution < -0.4 is 4.74 Å². The van der Waals surface area contributed by atoms with E-state index >= 15 is 0 Å². The standard InChI is InChI=1S/C24H27FN2O4/c1-5-31-18-10-11-19(15(2)14-18)22(28)20-21(16-6-8-17(25)9-7-16)27(13-12-26(3)4)24(30)23(20)29/h6-11,14,21,28H,5,12-13H2,1-4H3/b22-20-. The summed E-state index contributed by atoms with van der Waals surface area (Å²) in [6, 6.07) is 9.98. The van der Waals surface area contributed by atoms with Crippen molar-refractivity contribution in [2.24, 2.45) is 0 Å². The Hall–Kier alpha value is -3.19. The summed E-state index contributed by atoms with van der Waals surface area (Å²) in [5, 5.41) is 11.1. The molecule has 1 N–H and O–H groups in total. The Morgan fingerprint density at radius 3 is 2.42 bits per heavy atom. The Bertz CT molecular complexity index is 1010. The van der Waals surface area contributed by atoms with Gasteiger partial charge < -0.3 is 19.6 Å². The lowest BCUT2D eigenvalue weighted by Crippen LogP contribution is -2.35. The molecule has 3 rings (SSSR count). The van der Waals surface area contributed by atoms with Gasteiger partial charge in [0.1, 0.15) is 17.3 Å². The number of ketones is 1. The lowest BCUT2D eigenvalue weighted by molar-refractivity contribution is -0.140. The molecule has 0 radical (unpaired) electrons. The fourth-order valence-corrected chi connectivity index (χ4v) is 3.71. The number of hydrogen-bond acceptors (Lipinski definition) is 5. The topological polar surface area (TPSA) is 70.1 Å². The molecule has 6 nitrogen and oxygen atoms in total. The molecule has 0 aliphatic carbocycles. The third kappa shape index (κ3) is 4.61. The Morgan fingerprint density at radius 2 is 1.84 bits per heavy atom. The van der Waals surface area contributed by atoms with E-state index in [0.717, 1.165) is 0 Å². The van der Waals surface area contributed by atoms with Gasteiger partial charge in [0, 0.05) is 18.7 Å². The number of carbonyl (C=O) groups is 2. The largest absolute Gasteiger partial charge is 0.507 e. The van der Waals surface area contributed by atoms with Gasteiger partial charge in [-0.15, -0.1) is 0 Å². The Kier molecular flexibility index (Phi) is 6.75. The van der Waals surface area contributed by atoms with Crippen molar-refractivity contribution in [3.05, 3.63) is 70.5 Å². The van der Waals surface area contributed by atoms with Crippen molar-refractivity contribution in [3.63, 3.8) is 0 Å². The molecule has 0 bridgehead atoms. The molecule has 31 heavy (non-hydrogen) atoms. The molecule has 1 amide bonds. The fraction of sp³-hybridized carbons (Fsp3) is 0.333. The van der Waals surface area contributed by atoms with Gasteiger partial charge >= 0.3 is 0 Å². The maximum absolute atomic E-state index is 13.5. The quantitative estimate of drug-likeness (QED) is 0.417. The number of halogens is 1. The molecule has 0 spiro atoms. The van der Waals surface area contributed by atoms with Gasteiger partial charge in [-0.2, -0.15) is 0 Å². The van der Waals surface area contributed by atoms with E-state index in [-0.39, 0.29) is 11.3 Å². The third-order valence-electron chi connectivity index (χ3n) is 5.28. The van der Waals surface area contributed by atoms with Crippen LogP contribution in [0, 0.1) is 12.7 Å². The van der Waals surface area contributed by atoms with Crippen LogP contribution in [-0.2, 0) is 9.59 Å². The summed E-state index contributed by atoms with van der Waals surface area (Å²) in [6.45, 7) is 5.01. The smallest absolute Gasteiger partial charge is 0.295 e. The first-order valence-electron chi connectivity index (χ1n) is 10.2. The van der Waals surface area contributed by atoms with Crippen molar-refractivity contribution in [1.82, 2.24) is 9.80 Å². The minimum atomic E-state index is -0.800. The van der Waals surface area contributed by atoms with Crippen LogP contribution in [0.25, 0.3) is 5.76 Å². The van der Waals surface area contributed by atoms with Crippen LogP contribution in [0.1, 0.15) is 29.7 Å². The van der Waals surface area contributed by atoms with Crippen molar-refractivity contribution < 1.29 is 23.8 Å². The number of aliphatic hydroxyl groups excluding tert-OH is 1. The zero-order valence-electron chi connectivity index (χ0n) is 18.2. The lowest BCUT2D eigenvalue weighted by Gasteiger charge is -2.26. The fourth-order valence-electron chi connectivity index (χ4n) is 3.71. The van der Waals surface area contributed by atoms with Crippen LogP contribution in [-0.4, -0.2) is 60.4 Å². The summed E-state index contributed by atoms with van der Waals surface area (Å²) in [7, 11) is 3.74. The number of likely N-dealkylation sites (N-methyl/N-ethyl adjacent to an activating group) is 1. The monoisotopic (exact) mass is 426 g/mol. The number of amides is 1. The van der Waals surface area contributed by atoms with E-state index in [9.17, 15) is 19.1 Å². The van der Waals surface area contributed by atoms with Gasteiger partial charge in [0.25, 0.3) is 11.7 Å². The molecule has 2 aromatic rings. The Balaban J connectivity index is 2.13. The van der Waals surface area contributed by atoms with Crippen LogP contribution in [0.4, 0.5) is 4.39 Å². The van der Waals surface area contributed by atoms with Crippen molar-refractivity contribution in [3.8, 4) is 5.75 Å². The molecule has 1 fully saturated rings. The maximum atomic E-state index is 13.5. The molecule has 0 saturated carbocycles. The number of aryl methyl sites for hydroxylation is 1. The first kappa shape index (κ1) is 22.5. The van der Waals surface area contributed by atoms with Crippen LogP contribution in [0.5, 0.6) is 5.75 Å². The van der Waals surface area contributed by atoms with E-state index in [1.807, 2.05) is 25.9 Å². The van der Waals surface area contributed by atoms with Crippen LogP contribution >= 0.6 is 0 Å². The van der Waals surface area contributed by atoms with Crippen molar-refractivity contribution in [2.45, 2.75) is 19.9 Å². The highest BCUT2D eigenvalue weighted by Gasteiger charge is 2.46. The second-order valence-electron chi connectivity index (χ2n) is 7.76. The SMILES string of the molecule is CCOc1ccc(/C(O)=C2/C(=O)C(=O)N(CCN(C)C)C2c2ccc(F)cc2)c(C)c1. The zero-order chi connectivity index (χ0) is 22.7. The van der Waals surface area contributed by atoms with Gasteiger partial charge in [0.15, 0.2) is 0 Å². The van der Waals surface area contributed by atoms with E-state index in [2.05, 4.69) is 0 Å². The molecule has 7 heteroatoms. The average Bonchev–Trinajstić information content (AvgIpc) is 2.97. The first-order chi connectivity index (χ1) is 14.7. The number of benzene rings is 2. The summed E-state index contributed by atoms with van der Waals surface area (Å²) in [5.41, 5.74) is 1.72. The molecule has 1 aliphatic heterocycles.